The zero-order valence-corrected chi connectivity index (χ0v) is 17.4. The zero-order valence-electron chi connectivity index (χ0n) is 17.4. The number of hydrogen-bond acceptors (Lipinski definition) is 4. The van der Waals surface area contributed by atoms with E-state index in [0.29, 0.717) is 23.9 Å². The monoisotopic (exact) mass is 440 g/mol. The van der Waals surface area contributed by atoms with Crippen LogP contribution in [0.4, 0.5) is 24.7 Å². The molecular weight excluding hydrogens is 417 g/mol. The molecule has 8 heteroatoms. The molecule has 5 nitrogen and oxygen atoms in total. The van der Waals surface area contributed by atoms with Crippen molar-refractivity contribution in [3.8, 4) is 0 Å². The molecule has 1 amide bonds. The maximum absolute atomic E-state index is 13.9. The highest BCUT2D eigenvalue weighted by atomic mass is 19.1. The summed E-state index contributed by atoms with van der Waals surface area (Å²) in [6.45, 7) is 3.77. The number of amides is 1. The van der Waals surface area contributed by atoms with Crippen molar-refractivity contribution in [2.75, 3.05) is 36.4 Å². The van der Waals surface area contributed by atoms with Crippen molar-refractivity contribution in [3.05, 3.63) is 89.4 Å². The number of halogens is 3. The van der Waals surface area contributed by atoms with E-state index in [4.69, 9.17) is 0 Å². The first-order valence-corrected chi connectivity index (χ1v) is 10.4. The molecule has 2 aromatic carbocycles. The Morgan fingerprint density at radius 1 is 0.938 bits per heavy atom. The number of nitrogens with one attached hydrogen (secondary N) is 1. The molecule has 1 saturated heterocycles. The molecule has 166 valence electrons. The Balaban J connectivity index is 1.35. The number of carbonyl (C=O) groups is 1. The van der Waals surface area contributed by atoms with E-state index in [1.54, 1.807) is 18.2 Å². The van der Waals surface area contributed by atoms with Crippen LogP contribution in [0.5, 0.6) is 0 Å². The molecule has 0 bridgehead atoms. The molecule has 1 aliphatic rings. The van der Waals surface area contributed by atoms with Gasteiger partial charge in [-0.1, -0.05) is 18.2 Å². The number of anilines is 2. The van der Waals surface area contributed by atoms with Crippen LogP contribution in [-0.2, 0) is 6.54 Å². The van der Waals surface area contributed by atoms with Gasteiger partial charge in [0.2, 0.25) is 0 Å². The summed E-state index contributed by atoms with van der Waals surface area (Å²) >= 11 is 0. The first kappa shape index (κ1) is 21.8. The van der Waals surface area contributed by atoms with Gasteiger partial charge in [-0.05, 0) is 36.8 Å². The topological polar surface area (TPSA) is 48.5 Å². The lowest BCUT2D eigenvalue weighted by molar-refractivity contribution is 0.102. The van der Waals surface area contributed by atoms with Crippen LogP contribution in [0.2, 0.25) is 0 Å². The lowest BCUT2D eigenvalue weighted by atomic mass is 10.2. The van der Waals surface area contributed by atoms with Gasteiger partial charge in [0.15, 0.2) is 0 Å². The molecule has 2 heterocycles. The summed E-state index contributed by atoms with van der Waals surface area (Å²) in [6, 6.07) is 13.0. The molecule has 3 aromatic rings. The minimum absolute atomic E-state index is 0.103. The number of rotatable bonds is 5. The Kier molecular flexibility index (Phi) is 6.70. The molecule has 0 spiro atoms. The summed E-state index contributed by atoms with van der Waals surface area (Å²) in [4.78, 5) is 21.1. The molecule has 0 radical (unpaired) electrons. The van der Waals surface area contributed by atoms with E-state index in [0.717, 1.165) is 50.6 Å². The van der Waals surface area contributed by atoms with Crippen LogP contribution in [0.1, 0.15) is 22.3 Å². The van der Waals surface area contributed by atoms with Crippen molar-refractivity contribution >= 4 is 17.4 Å². The maximum Gasteiger partial charge on any atom is 0.255 e. The third-order valence-corrected chi connectivity index (χ3v) is 5.39. The summed E-state index contributed by atoms with van der Waals surface area (Å²) < 4.78 is 40.6. The number of carbonyl (C=O) groups excluding carboxylic acids is 1. The lowest BCUT2D eigenvalue weighted by Crippen LogP contribution is -2.31. The highest BCUT2D eigenvalue weighted by Gasteiger charge is 2.17. The van der Waals surface area contributed by atoms with Gasteiger partial charge in [0.05, 0.1) is 11.9 Å². The van der Waals surface area contributed by atoms with E-state index in [1.165, 1.54) is 12.3 Å². The molecule has 0 saturated carbocycles. The predicted octanol–water partition coefficient (Wildman–Crippen LogP) is 4.46. The molecule has 1 aliphatic heterocycles. The molecular formula is C24H23F3N4O. The van der Waals surface area contributed by atoms with Crippen LogP contribution >= 0.6 is 0 Å². The quantitative estimate of drug-likeness (QED) is 0.636. The van der Waals surface area contributed by atoms with Crippen molar-refractivity contribution in [3.63, 3.8) is 0 Å². The molecule has 0 unspecified atom stereocenters. The Morgan fingerprint density at radius 3 is 2.44 bits per heavy atom. The van der Waals surface area contributed by atoms with Crippen LogP contribution in [0.25, 0.3) is 0 Å². The predicted molar refractivity (Wildman–Crippen MR) is 117 cm³/mol. The van der Waals surface area contributed by atoms with Gasteiger partial charge >= 0.3 is 0 Å². The fourth-order valence-electron chi connectivity index (χ4n) is 3.76. The second-order valence-corrected chi connectivity index (χ2v) is 7.73. The van der Waals surface area contributed by atoms with Gasteiger partial charge in [0.25, 0.3) is 5.91 Å². The van der Waals surface area contributed by atoms with Gasteiger partial charge < -0.3 is 10.2 Å². The highest BCUT2D eigenvalue weighted by Crippen LogP contribution is 2.19. The second kappa shape index (κ2) is 9.82. The van der Waals surface area contributed by atoms with E-state index in [-0.39, 0.29) is 11.4 Å². The Morgan fingerprint density at radius 2 is 1.72 bits per heavy atom. The minimum atomic E-state index is -0.811. The van der Waals surface area contributed by atoms with Crippen molar-refractivity contribution in [1.29, 1.82) is 0 Å². The molecule has 32 heavy (non-hydrogen) atoms. The largest absolute Gasteiger partial charge is 0.355 e. The smallest absolute Gasteiger partial charge is 0.255 e. The van der Waals surface area contributed by atoms with Gasteiger partial charge in [0, 0.05) is 49.9 Å². The number of aromatic nitrogens is 1. The fraction of sp³-hybridized carbons (Fsp3) is 0.250. The molecule has 0 atom stereocenters. The first-order chi connectivity index (χ1) is 15.5. The standard InChI is InChI=1S/C24H23F3N4O/c25-19-12-18(13-20(26)14-19)24(32)29-21-6-7-23(28-15-21)31-9-3-8-30(10-11-31)16-17-4-1-2-5-22(17)27/h1-2,4-7,12-15H,3,8-11,16H2,(H,29,32). The number of benzene rings is 2. The van der Waals surface area contributed by atoms with Crippen LogP contribution < -0.4 is 10.2 Å². The number of hydrogen-bond donors (Lipinski definition) is 1. The third kappa shape index (κ3) is 5.45. The van der Waals surface area contributed by atoms with Crippen molar-refractivity contribution in [2.45, 2.75) is 13.0 Å². The van der Waals surface area contributed by atoms with Crippen LogP contribution in [0.3, 0.4) is 0 Å². The fourth-order valence-corrected chi connectivity index (χ4v) is 3.76. The molecule has 1 N–H and O–H groups in total. The Bertz CT molecular complexity index is 1070. The Hall–Kier alpha value is -3.39. The van der Waals surface area contributed by atoms with Gasteiger partial charge in [0.1, 0.15) is 23.3 Å². The van der Waals surface area contributed by atoms with Gasteiger partial charge in [-0.25, -0.2) is 18.2 Å². The summed E-state index contributed by atoms with van der Waals surface area (Å²) in [6.07, 6.45) is 2.44. The average Bonchev–Trinajstić information content (AvgIpc) is 3.01. The van der Waals surface area contributed by atoms with Gasteiger partial charge in [-0.3, -0.25) is 9.69 Å². The van der Waals surface area contributed by atoms with E-state index in [2.05, 4.69) is 20.1 Å². The summed E-state index contributed by atoms with van der Waals surface area (Å²) in [7, 11) is 0. The van der Waals surface area contributed by atoms with Crippen LogP contribution in [-0.4, -0.2) is 42.0 Å². The minimum Gasteiger partial charge on any atom is -0.355 e. The highest BCUT2D eigenvalue weighted by molar-refractivity contribution is 6.04. The summed E-state index contributed by atoms with van der Waals surface area (Å²) in [5.74, 6) is -1.65. The normalized spacial score (nSPS) is 14.8. The molecule has 1 fully saturated rings. The number of pyridine rings is 1. The molecule has 4 rings (SSSR count). The van der Waals surface area contributed by atoms with Crippen LogP contribution in [0, 0.1) is 17.5 Å². The van der Waals surface area contributed by atoms with Gasteiger partial charge in [-0.2, -0.15) is 0 Å². The van der Waals surface area contributed by atoms with E-state index in [9.17, 15) is 18.0 Å². The van der Waals surface area contributed by atoms with E-state index in [1.807, 2.05) is 12.1 Å². The SMILES string of the molecule is O=C(Nc1ccc(N2CCCN(Cc3ccccc3F)CC2)nc1)c1cc(F)cc(F)c1. The van der Waals surface area contributed by atoms with Crippen LogP contribution in [0.15, 0.2) is 60.8 Å². The third-order valence-electron chi connectivity index (χ3n) is 5.39. The summed E-state index contributed by atoms with van der Waals surface area (Å²) in [5, 5.41) is 2.60. The number of nitrogens with zero attached hydrogens (tertiary/aromatic N) is 3. The first-order valence-electron chi connectivity index (χ1n) is 10.4. The van der Waals surface area contributed by atoms with Crippen molar-refractivity contribution in [2.24, 2.45) is 0 Å². The second-order valence-electron chi connectivity index (χ2n) is 7.73. The summed E-state index contributed by atoms with van der Waals surface area (Å²) in [5.41, 5.74) is 1.02. The molecule has 1 aromatic heterocycles. The lowest BCUT2D eigenvalue weighted by Gasteiger charge is -2.23. The van der Waals surface area contributed by atoms with E-state index >= 15 is 0 Å². The average molecular weight is 440 g/mol. The Labute approximate surface area is 184 Å². The maximum atomic E-state index is 13.9. The zero-order chi connectivity index (χ0) is 22.5. The molecule has 0 aliphatic carbocycles. The van der Waals surface area contributed by atoms with Crippen molar-refractivity contribution < 1.29 is 18.0 Å². The van der Waals surface area contributed by atoms with Crippen molar-refractivity contribution in [1.82, 2.24) is 9.88 Å². The van der Waals surface area contributed by atoms with Gasteiger partial charge in [-0.15, -0.1) is 0 Å². The van der Waals surface area contributed by atoms with E-state index < -0.39 is 17.5 Å².